The van der Waals surface area contributed by atoms with Crippen molar-refractivity contribution in [2.75, 3.05) is 33.3 Å². The molecule has 0 spiro atoms. The Bertz CT molecular complexity index is 511. The van der Waals surface area contributed by atoms with Gasteiger partial charge in [-0.15, -0.1) is 0 Å². The Morgan fingerprint density at radius 1 is 1.22 bits per heavy atom. The first kappa shape index (κ1) is 18.1. The Hall–Kier alpha value is -1.27. The molecule has 1 aliphatic rings. The molecule has 0 bridgehead atoms. The minimum atomic E-state index is -4.38. The number of alkyl halides is 3. The van der Waals surface area contributed by atoms with Crippen molar-refractivity contribution in [1.29, 1.82) is 0 Å². The fraction of sp³-hybridized carbons (Fsp3) is 0.647. The van der Waals surface area contributed by atoms with Gasteiger partial charge in [0.05, 0.1) is 12.7 Å². The van der Waals surface area contributed by atoms with Crippen molar-refractivity contribution in [1.82, 2.24) is 10.2 Å². The van der Waals surface area contributed by atoms with Gasteiger partial charge in [0.2, 0.25) is 0 Å². The van der Waals surface area contributed by atoms with Gasteiger partial charge >= 0.3 is 6.18 Å². The zero-order chi connectivity index (χ0) is 17.0. The zero-order valence-corrected chi connectivity index (χ0v) is 13.9. The predicted molar refractivity (Wildman–Crippen MR) is 84.6 cm³/mol. The lowest BCUT2D eigenvalue weighted by Gasteiger charge is -2.37. The summed E-state index contributed by atoms with van der Waals surface area (Å²) in [6.07, 6.45) is -3.68. The molecule has 1 atom stereocenters. The average Bonchev–Trinajstić information content (AvgIpc) is 2.52. The van der Waals surface area contributed by atoms with Gasteiger partial charge in [0, 0.05) is 32.2 Å². The second-order valence-electron chi connectivity index (χ2n) is 6.38. The number of nitrogens with one attached hydrogen (secondary N) is 1. The van der Waals surface area contributed by atoms with Gasteiger partial charge in [-0.25, -0.2) is 0 Å². The first-order valence-corrected chi connectivity index (χ1v) is 8.02. The summed E-state index contributed by atoms with van der Waals surface area (Å²) in [6.45, 7) is 7.25. The maximum Gasteiger partial charge on any atom is 0.416 e. The summed E-state index contributed by atoms with van der Waals surface area (Å²) >= 11 is 0. The fourth-order valence-electron chi connectivity index (χ4n) is 3.11. The van der Waals surface area contributed by atoms with Crippen molar-refractivity contribution in [3.05, 3.63) is 29.3 Å². The smallest absolute Gasteiger partial charge is 0.416 e. The third kappa shape index (κ3) is 4.61. The molecule has 1 aliphatic heterocycles. The highest BCUT2D eigenvalue weighted by Crippen LogP contribution is 2.40. The first-order chi connectivity index (χ1) is 10.8. The minimum absolute atomic E-state index is 0.223. The van der Waals surface area contributed by atoms with Crippen molar-refractivity contribution in [3.63, 3.8) is 0 Å². The Morgan fingerprint density at radius 2 is 1.87 bits per heavy atom. The summed E-state index contributed by atoms with van der Waals surface area (Å²) in [5.74, 6) is 0.558. The van der Waals surface area contributed by atoms with Gasteiger partial charge in [0.1, 0.15) is 5.75 Å². The van der Waals surface area contributed by atoms with Crippen molar-refractivity contribution in [2.45, 2.75) is 32.5 Å². The molecule has 1 aromatic rings. The second-order valence-corrected chi connectivity index (χ2v) is 6.38. The number of hydrogen-bond donors (Lipinski definition) is 1. The van der Waals surface area contributed by atoms with Crippen LogP contribution < -0.4 is 10.1 Å². The molecule has 1 aromatic carbocycles. The van der Waals surface area contributed by atoms with Crippen LogP contribution in [0.25, 0.3) is 0 Å². The second kappa shape index (κ2) is 7.53. The molecule has 6 heteroatoms. The Balaban J connectivity index is 2.44. The van der Waals surface area contributed by atoms with Crippen molar-refractivity contribution < 1.29 is 17.9 Å². The first-order valence-electron chi connectivity index (χ1n) is 8.02. The van der Waals surface area contributed by atoms with E-state index in [2.05, 4.69) is 10.2 Å². The van der Waals surface area contributed by atoms with Crippen LogP contribution in [0.5, 0.6) is 5.75 Å². The standard InChI is InChI=1S/C17H25F3N2O/c1-12(2)10-16(22-8-6-21-7-9-22)14-5-4-13(23-3)11-15(14)17(18,19)20/h4-5,11-12,16,21H,6-10H2,1-3H3/t16-/m1/s1. The molecular weight excluding hydrogens is 305 g/mol. The van der Waals surface area contributed by atoms with E-state index in [0.717, 1.165) is 32.2 Å². The van der Waals surface area contributed by atoms with E-state index in [4.69, 9.17) is 4.74 Å². The van der Waals surface area contributed by atoms with Crippen molar-refractivity contribution >= 4 is 0 Å². The van der Waals surface area contributed by atoms with Crippen LogP contribution in [-0.2, 0) is 6.18 Å². The SMILES string of the molecule is COc1ccc([C@@H](CC(C)C)N2CCNCC2)c(C(F)(F)F)c1. The maximum atomic E-state index is 13.5. The highest BCUT2D eigenvalue weighted by atomic mass is 19.4. The van der Waals surface area contributed by atoms with Crippen molar-refractivity contribution in [2.24, 2.45) is 5.92 Å². The van der Waals surface area contributed by atoms with Gasteiger partial charge in [-0.05, 0) is 30.0 Å². The molecule has 1 fully saturated rings. The van der Waals surface area contributed by atoms with Gasteiger partial charge in [-0.2, -0.15) is 13.2 Å². The highest BCUT2D eigenvalue weighted by Gasteiger charge is 2.37. The van der Waals surface area contributed by atoms with E-state index in [1.807, 2.05) is 13.8 Å². The molecule has 0 radical (unpaired) electrons. The van der Waals surface area contributed by atoms with Gasteiger partial charge in [0.15, 0.2) is 0 Å². The zero-order valence-electron chi connectivity index (χ0n) is 13.9. The molecule has 1 heterocycles. The molecule has 0 aromatic heterocycles. The van der Waals surface area contributed by atoms with Crippen LogP contribution in [0.15, 0.2) is 18.2 Å². The number of nitrogens with zero attached hydrogens (tertiary/aromatic N) is 1. The third-order valence-electron chi connectivity index (χ3n) is 4.21. The lowest BCUT2D eigenvalue weighted by atomic mass is 9.91. The molecule has 0 amide bonds. The van der Waals surface area contributed by atoms with E-state index in [1.165, 1.54) is 7.11 Å². The largest absolute Gasteiger partial charge is 0.497 e. The number of methoxy groups -OCH3 is 1. The van der Waals surface area contributed by atoms with E-state index in [1.54, 1.807) is 12.1 Å². The molecule has 0 aliphatic carbocycles. The molecule has 0 unspecified atom stereocenters. The van der Waals surface area contributed by atoms with E-state index >= 15 is 0 Å². The van der Waals surface area contributed by atoms with Crippen LogP contribution >= 0.6 is 0 Å². The van der Waals surface area contributed by atoms with Gasteiger partial charge in [-0.1, -0.05) is 19.9 Å². The Labute approximate surface area is 135 Å². The highest BCUT2D eigenvalue weighted by molar-refractivity contribution is 5.39. The summed E-state index contributed by atoms with van der Waals surface area (Å²) < 4.78 is 45.6. The van der Waals surface area contributed by atoms with E-state index < -0.39 is 11.7 Å². The van der Waals surface area contributed by atoms with E-state index in [9.17, 15) is 13.2 Å². The molecule has 130 valence electrons. The van der Waals surface area contributed by atoms with Gasteiger partial charge in [0.25, 0.3) is 0 Å². The Kier molecular flexibility index (Phi) is 5.92. The van der Waals surface area contributed by atoms with Gasteiger partial charge in [-0.3, -0.25) is 4.90 Å². The van der Waals surface area contributed by atoms with Crippen LogP contribution in [0.1, 0.15) is 37.4 Å². The van der Waals surface area contributed by atoms with Crippen molar-refractivity contribution in [3.8, 4) is 5.75 Å². The molecule has 3 nitrogen and oxygen atoms in total. The lowest BCUT2D eigenvalue weighted by Crippen LogP contribution is -2.45. The van der Waals surface area contributed by atoms with E-state index in [0.29, 0.717) is 17.9 Å². The van der Waals surface area contributed by atoms with Crippen LogP contribution in [0.4, 0.5) is 13.2 Å². The number of ether oxygens (including phenoxy) is 1. The monoisotopic (exact) mass is 330 g/mol. The quantitative estimate of drug-likeness (QED) is 0.891. The summed E-state index contributed by atoms with van der Waals surface area (Å²) in [7, 11) is 1.39. The summed E-state index contributed by atoms with van der Waals surface area (Å²) in [5.41, 5.74) is -0.227. The normalized spacial score (nSPS) is 18.2. The average molecular weight is 330 g/mol. The number of benzene rings is 1. The molecule has 23 heavy (non-hydrogen) atoms. The van der Waals surface area contributed by atoms with Crippen LogP contribution in [0, 0.1) is 5.92 Å². The summed E-state index contributed by atoms with van der Waals surface area (Å²) in [6, 6.07) is 4.10. The number of halogens is 3. The van der Waals surface area contributed by atoms with Crippen LogP contribution in [0.2, 0.25) is 0 Å². The minimum Gasteiger partial charge on any atom is -0.497 e. The maximum absolute atomic E-state index is 13.5. The Morgan fingerprint density at radius 3 is 2.39 bits per heavy atom. The number of piperazine rings is 1. The molecule has 2 rings (SSSR count). The number of rotatable bonds is 5. The van der Waals surface area contributed by atoms with Crippen LogP contribution in [-0.4, -0.2) is 38.2 Å². The number of hydrogen-bond acceptors (Lipinski definition) is 3. The summed E-state index contributed by atoms with van der Waals surface area (Å²) in [4.78, 5) is 2.16. The third-order valence-corrected chi connectivity index (χ3v) is 4.21. The molecular formula is C17H25F3N2O. The molecule has 1 saturated heterocycles. The molecule has 1 N–H and O–H groups in total. The summed E-state index contributed by atoms with van der Waals surface area (Å²) in [5, 5.41) is 3.25. The topological polar surface area (TPSA) is 24.5 Å². The van der Waals surface area contributed by atoms with E-state index in [-0.39, 0.29) is 11.8 Å². The lowest BCUT2D eigenvalue weighted by molar-refractivity contribution is -0.139. The predicted octanol–water partition coefficient (Wildman–Crippen LogP) is 3.71. The van der Waals surface area contributed by atoms with Gasteiger partial charge < -0.3 is 10.1 Å². The van der Waals surface area contributed by atoms with Crippen LogP contribution in [0.3, 0.4) is 0 Å². The molecule has 0 saturated carbocycles. The fourth-order valence-corrected chi connectivity index (χ4v) is 3.11.